The first-order chi connectivity index (χ1) is 8.31. The van der Waals surface area contributed by atoms with Crippen LogP contribution in [-0.2, 0) is 6.42 Å². The molecule has 0 unspecified atom stereocenters. The van der Waals surface area contributed by atoms with Gasteiger partial charge in [-0.15, -0.1) is 0 Å². The van der Waals surface area contributed by atoms with Gasteiger partial charge in [-0.05, 0) is 42.0 Å². The molecule has 0 atom stereocenters. The number of hydrogen-bond acceptors (Lipinski definition) is 3. The number of fused-ring (bicyclic) bond motifs is 1. The van der Waals surface area contributed by atoms with E-state index in [2.05, 4.69) is 16.0 Å². The molecule has 2 heterocycles. The van der Waals surface area contributed by atoms with Crippen LogP contribution in [0.1, 0.15) is 11.3 Å². The zero-order chi connectivity index (χ0) is 11.7. The van der Waals surface area contributed by atoms with Crippen molar-refractivity contribution in [1.82, 2.24) is 9.97 Å². The van der Waals surface area contributed by atoms with Crippen molar-refractivity contribution in [2.75, 3.05) is 0 Å². The van der Waals surface area contributed by atoms with E-state index in [-0.39, 0.29) is 0 Å². The van der Waals surface area contributed by atoms with E-state index < -0.39 is 0 Å². The van der Waals surface area contributed by atoms with Crippen LogP contribution in [0.15, 0.2) is 47.0 Å². The van der Waals surface area contributed by atoms with Crippen LogP contribution in [0, 0.1) is 4.84 Å². The minimum atomic E-state index is 0.412. The van der Waals surface area contributed by atoms with Crippen LogP contribution in [0.2, 0.25) is 0 Å². The second-order valence-electron chi connectivity index (χ2n) is 3.84. The van der Waals surface area contributed by atoms with Crippen molar-refractivity contribution in [1.29, 1.82) is 0 Å². The van der Waals surface area contributed by atoms with Gasteiger partial charge in [0.05, 0.1) is 5.52 Å². The number of benzene rings is 1. The first kappa shape index (κ1) is 10.2. The van der Waals surface area contributed by atoms with Crippen LogP contribution in [0.3, 0.4) is 0 Å². The molecule has 0 radical (unpaired) electrons. The van der Waals surface area contributed by atoms with Gasteiger partial charge in [0, 0.05) is 18.3 Å². The van der Waals surface area contributed by atoms with Crippen molar-refractivity contribution in [3.05, 3.63) is 58.7 Å². The van der Waals surface area contributed by atoms with Gasteiger partial charge in [0.25, 0.3) is 4.84 Å². The van der Waals surface area contributed by atoms with E-state index in [1.807, 2.05) is 30.3 Å². The highest BCUT2D eigenvalue weighted by molar-refractivity contribution is 7.71. The molecule has 0 amide bonds. The van der Waals surface area contributed by atoms with E-state index in [1.165, 1.54) is 0 Å². The molecule has 3 rings (SSSR count). The van der Waals surface area contributed by atoms with Crippen molar-refractivity contribution in [2.45, 2.75) is 6.42 Å². The molecule has 1 aromatic carbocycles. The fourth-order valence-electron chi connectivity index (χ4n) is 1.81. The number of pyridine rings is 1. The molecule has 0 saturated heterocycles. The quantitative estimate of drug-likeness (QED) is 0.699. The third-order valence-electron chi connectivity index (χ3n) is 2.60. The van der Waals surface area contributed by atoms with Gasteiger partial charge in [-0.2, -0.15) is 0 Å². The first-order valence-electron chi connectivity index (χ1n) is 5.33. The van der Waals surface area contributed by atoms with Crippen LogP contribution in [0.25, 0.3) is 11.1 Å². The maximum atomic E-state index is 5.39. The van der Waals surface area contributed by atoms with Gasteiger partial charge in [-0.1, -0.05) is 12.1 Å². The molecule has 3 nitrogen and oxygen atoms in total. The molecule has 0 fully saturated rings. The Morgan fingerprint density at radius 1 is 1.24 bits per heavy atom. The number of aromatic nitrogens is 2. The lowest BCUT2D eigenvalue weighted by atomic mass is 10.1. The van der Waals surface area contributed by atoms with Gasteiger partial charge in [0.1, 0.15) is 0 Å². The summed E-state index contributed by atoms with van der Waals surface area (Å²) in [4.78, 5) is 7.69. The van der Waals surface area contributed by atoms with Crippen LogP contribution in [0.5, 0.6) is 0 Å². The standard InChI is InChI=1S/C13H10N2OS/c17-13-15-11-5-4-9(8-12(11)16-13)7-10-3-1-2-6-14-10/h1-6,8H,7H2,(H,15,17). The highest BCUT2D eigenvalue weighted by atomic mass is 32.1. The van der Waals surface area contributed by atoms with E-state index in [0.717, 1.165) is 28.8 Å². The Kier molecular flexibility index (Phi) is 2.49. The summed E-state index contributed by atoms with van der Waals surface area (Å²) in [6.45, 7) is 0. The lowest BCUT2D eigenvalue weighted by Crippen LogP contribution is -1.90. The number of oxazole rings is 1. The van der Waals surface area contributed by atoms with Crippen LogP contribution >= 0.6 is 12.2 Å². The van der Waals surface area contributed by atoms with Gasteiger partial charge in [-0.25, -0.2) is 0 Å². The first-order valence-corrected chi connectivity index (χ1v) is 5.74. The summed E-state index contributed by atoms with van der Waals surface area (Å²) in [6, 6.07) is 11.9. The van der Waals surface area contributed by atoms with Gasteiger partial charge in [0.2, 0.25) is 0 Å². The van der Waals surface area contributed by atoms with Crippen molar-refractivity contribution in [3.63, 3.8) is 0 Å². The molecule has 0 spiro atoms. The molecule has 0 aliphatic rings. The lowest BCUT2D eigenvalue weighted by molar-refractivity contribution is 0.583. The Morgan fingerprint density at radius 3 is 3.00 bits per heavy atom. The van der Waals surface area contributed by atoms with E-state index >= 15 is 0 Å². The fraction of sp³-hybridized carbons (Fsp3) is 0.0769. The largest absolute Gasteiger partial charge is 0.429 e. The predicted octanol–water partition coefficient (Wildman–Crippen LogP) is 3.48. The monoisotopic (exact) mass is 242 g/mol. The van der Waals surface area contributed by atoms with E-state index in [9.17, 15) is 0 Å². The average Bonchev–Trinajstić information content (AvgIpc) is 2.70. The van der Waals surface area contributed by atoms with E-state index in [4.69, 9.17) is 16.6 Å². The Bertz CT molecular complexity index is 700. The highest BCUT2D eigenvalue weighted by Crippen LogP contribution is 2.17. The number of nitrogens with one attached hydrogen (secondary N) is 1. The summed E-state index contributed by atoms with van der Waals surface area (Å²) in [5.74, 6) is 0. The number of H-pyrrole nitrogens is 1. The molecule has 4 heteroatoms. The molecule has 84 valence electrons. The Hall–Kier alpha value is -1.94. The molecule has 3 aromatic rings. The van der Waals surface area contributed by atoms with Gasteiger partial charge in [-0.3, -0.25) is 4.98 Å². The minimum Gasteiger partial charge on any atom is -0.429 e. The van der Waals surface area contributed by atoms with Crippen molar-refractivity contribution < 1.29 is 4.42 Å². The summed E-state index contributed by atoms with van der Waals surface area (Å²) >= 11 is 4.95. The molecular formula is C13H10N2OS. The minimum absolute atomic E-state index is 0.412. The smallest absolute Gasteiger partial charge is 0.266 e. The topological polar surface area (TPSA) is 41.8 Å². The van der Waals surface area contributed by atoms with Crippen molar-refractivity contribution >= 4 is 23.3 Å². The number of nitrogens with zero attached hydrogens (tertiary/aromatic N) is 1. The molecule has 1 N–H and O–H groups in total. The highest BCUT2D eigenvalue weighted by Gasteiger charge is 2.02. The summed E-state index contributed by atoms with van der Waals surface area (Å²) in [7, 11) is 0. The lowest BCUT2D eigenvalue weighted by Gasteiger charge is -2.00. The van der Waals surface area contributed by atoms with Gasteiger partial charge in [0.15, 0.2) is 5.58 Å². The van der Waals surface area contributed by atoms with Crippen LogP contribution < -0.4 is 0 Å². The fourth-order valence-corrected chi connectivity index (χ4v) is 2.01. The predicted molar refractivity (Wildman–Crippen MR) is 68.4 cm³/mol. The second kappa shape index (κ2) is 4.14. The average molecular weight is 242 g/mol. The maximum absolute atomic E-state index is 5.39. The molecule has 0 aliphatic carbocycles. The molecule has 2 aromatic heterocycles. The molecule has 0 bridgehead atoms. The van der Waals surface area contributed by atoms with E-state index in [1.54, 1.807) is 6.20 Å². The summed E-state index contributed by atoms with van der Waals surface area (Å²) in [6.07, 6.45) is 2.60. The van der Waals surface area contributed by atoms with Gasteiger partial charge < -0.3 is 9.40 Å². The Balaban J connectivity index is 1.98. The Morgan fingerprint density at radius 2 is 2.18 bits per heavy atom. The summed E-state index contributed by atoms with van der Waals surface area (Å²) in [5, 5.41) is 0. The number of rotatable bonds is 2. The Labute approximate surface area is 103 Å². The third-order valence-corrected chi connectivity index (χ3v) is 2.78. The van der Waals surface area contributed by atoms with Gasteiger partial charge >= 0.3 is 0 Å². The zero-order valence-corrected chi connectivity index (χ0v) is 9.83. The van der Waals surface area contributed by atoms with Crippen molar-refractivity contribution in [2.24, 2.45) is 0 Å². The maximum Gasteiger partial charge on any atom is 0.266 e. The molecule has 0 aliphatic heterocycles. The summed E-state index contributed by atoms with van der Waals surface area (Å²) in [5.41, 5.74) is 3.93. The third kappa shape index (κ3) is 2.12. The number of hydrogen-bond donors (Lipinski definition) is 1. The number of aromatic amines is 1. The normalized spacial score (nSPS) is 10.8. The SMILES string of the molecule is S=c1[nH]c2ccc(Cc3ccccn3)cc2o1. The van der Waals surface area contributed by atoms with Crippen LogP contribution in [0.4, 0.5) is 0 Å². The summed E-state index contributed by atoms with van der Waals surface area (Å²) < 4.78 is 5.39. The zero-order valence-electron chi connectivity index (χ0n) is 9.01. The van der Waals surface area contributed by atoms with E-state index in [0.29, 0.717) is 4.84 Å². The molecule has 0 saturated carbocycles. The molecule has 17 heavy (non-hydrogen) atoms. The molecular weight excluding hydrogens is 232 g/mol. The van der Waals surface area contributed by atoms with Crippen LogP contribution in [-0.4, -0.2) is 9.97 Å². The second-order valence-corrected chi connectivity index (χ2v) is 4.21. The van der Waals surface area contributed by atoms with Crippen molar-refractivity contribution in [3.8, 4) is 0 Å².